The van der Waals surface area contributed by atoms with Crippen LogP contribution in [-0.2, 0) is 9.59 Å². The number of hydrogen-bond acceptors (Lipinski definition) is 4. The number of hydrogen-bond donors (Lipinski definition) is 2. The normalized spacial score (nSPS) is 20.9. The summed E-state index contributed by atoms with van der Waals surface area (Å²) in [6.07, 6.45) is 9.02. The molecule has 0 aliphatic heterocycles. The average Bonchev–Trinajstić information content (AvgIpc) is 3.01. The number of para-hydroxylation sites is 1. The molecule has 2 N–H and O–H groups in total. The summed E-state index contributed by atoms with van der Waals surface area (Å²) in [6.45, 7) is 0.190. The lowest BCUT2D eigenvalue weighted by Gasteiger charge is -2.15. The van der Waals surface area contributed by atoms with Gasteiger partial charge in [-0.3, -0.25) is 9.59 Å². The number of carboxylic acid groups (broad SMARTS) is 1. The maximum atomic E-state index is 12.2. The molecule has 0 aromatic heterocycles. The van der Waals surface area contributed by atoms with Crippen LogP contribution in [0.1, 0.15) is 51.4 Å². The topological polar surface area (TPSA) is 83.8 Å². The molecule has 0 spiro atoms. The van der Waals surface area contributed by atoms with Crippen LogP contribution < -0.4 is 4.74 Å². The van der Waals surface area contributed by atoms with Gasteiger partial charge >= 0.3 is 5.97 Å². The summed E-state index contributed by atoms with van der Waals surface area (Å²) in [5, 5.41) is 18.7. The molecular weight excluding hydrogens is 344 g/mol. The molecule has 5 nitrogen and oxygen atoms in total. The zero-order valence-corrected chi connectivity index (χ0v) is 15.8. The highest BCUT2D eigenvalue weighted by atomic mass is 16.5. The van der Waals surface area contributed by atoms with Crippen LogP contribution in [0.5, 0.6) is 5.75 Å². The lowest BCUT2D eigenvalue weighted by molar-refractivity contribution is -0.137. The van der Waals surface area contributed by atoms with Crippen molar-refractivity contribution in [2.24, 2.45) is 11.8 Å². The summed E-state index contributed by atoms with van der Waals surface area (Å²) in [6, 6.07) is 9.37. The molecule has 3 atom stereocenters. The molecule has 2 rings (SSSR count). The molecule has 0 heterocycles. The molecular formula is C22H30O5. The van der Waals surface area contributed by atoms with E-state index < -0.39 is 12.1 Å². The number of carbonyl (C=O) groups excluding carboxylic acids is 1. The lowest BCUT2D eigenvalue weighted by Crippen LogP contribution is -2.17. The van der Waals surface area contributed by atoms with Crippen molar-refractivity contribution in [3.63, 3.8) is 0 Å². The standard InChI is InChI=1S/C22H30O5/c23-18(16-27-19-8-4-3-5-9-19)14-12-17-13-15-21(24)20(17)10-6-1-2-7-11-22(25)26/h3-5,8-9,12,14,17-18,20,23H,1-2,6-7,10-11,13,15-16H2,(H,25,26)/b14-12+/t17-,18-,20-/m1/s1. The molecule has 0 saturated heterocycles. The van der Waals surface area contributed by atoms with Crippen molar-refractivity contribution in [2.45, 2.75) is 57.5 Å². The van der Waals surface area contributed by atoms with E-state index in [1.54, 1.807) is 6.08 Å². The van der Waals surface area contributed by atoms with Gasteiger partial charge in [0.05, 0.1) is 0 Å². The molecule has 0 radical (unpaired) electrons. The fraction of sp³-hybridized carbons (Fsp3) is 0.545. The molecule has 1 fully saturated rings. The largest absolute Gasteiger partial charge is 0.491 e. The Morgan fingerprint density at radius 2 is 1.93 bits per heavy atom. The van der Waals surface area contributed by atoms with Crippen molar-refractivity contribution in [1.82, 2.24) is 0 Å². The summed E-state index contributed by atoms with van der Waals surface area (Å²) in [5.41, 5.74) is 0. The van der Waals surface area contributed by atoms with Gasteiger partial charge in [-0.25, -0.2) is 0 Å². The molecule has 0 unspecified atom stereocenters. The van der Waals surface area contributed by atoms with Crippen molar-refractivity contribution in [3.8, 4) is 5.75 Å². The van der Waals surface area contributed by atoms with Crippen molar-refractivity contribution in [3.05, 3.63) is 42.5 Å². The number of unbranched alkanes of at least 4 members (excludes halogenated alkanes) is 3. The maximum Gasteiger partial charge on any atom is 0.303 e. The number of aliphatic carboxylic acids is 1. The van der Waals surface area contributed by atoms with Crippen LogP contribution in [0.3, 0.4) is 0 Å². The van der Waals surface area contributed by atoms with Gasteiger partial charge in [0.25, 0.3) is 0 Å². The zero-order chi connectivity index (χ0) is 19.5. The summed E-state index contributed by atoms with van der Waals surface area (Å²) in [5.74, 6) is 0.499. The quantitative estimate of drug-likeness (QED) is 0.427. The van der Waals surface area contributed by atoms with Crippen molar-refractivity contribution in [2.75, 3.05) is 6.61 Å². The summed E-state index contributed by atoms with van der Waals surface area (Å²) in [7, 11) is 0. The lowest BCUT2D eigenvalue weighted by atomic mass is 9.89. The number of Topliss-reactive ketones (excluding diaryl/α,β-unsaturated/α-hetero) is 1. The van der Waals surface area contributed by atoms with E-state index in [0.717, 1.165) is 37.9 Å². The number of carboxylic acids is 1. The van der Waals surface area contributed by atoms with Crippen LogP contribution in [0.4, 0.5) is 0 Å². The predicted molar refractivity (Wildman–Crippen MR) is 104 cm³/mol. The van der Waals surface area contributed by atoms with Crippen LogP contribution in [0.15, 0.2) is 42.5 Å². The van der Waals surface area contributed by atoms with E-state index >= 15 is 0 Å². The number of rotatable bonds is 12. The summed E-state index contributed by atoms with van der Waals surface area (Å²) in [4.78, 5) is 22.7. The average molecular weight is 374 g/mol. The number of allylic oxidation sites excluding steroid dienone is 1. The third-order valence-electron chi connectivity index (χ3n) is 5.05. The molecule has 1 saturated carbocycles. The number of ketones is 1. The van der Waals surface area contributed by atoms with Gasteiger partial charge in [-0.15, -0.1) is 0 Å². The summed E-state index contributed by atoms with van der Waals surface area (Å²) >= 11 is 0. The molecule has 0 bridgehead atoms. The smallest absolute Gasteiger partial charge is 0.303 e. The minimum atomic E-state index is -0.749. The van der Waals surface area contributed by atoms with Gasteiger partial charge in [0, 0.05) is 18.8 Å². The maximum absolute atomic E-state index is 12.2. The number of ether oxygens (including phenoxy) is 1. The zero-order valence-electron chi connectivity index (χ0n) is 15.8. The van der Waals surface area contributed by atoms with Gasteiger partial charge in [0.1, 0.15) is 24.2 Å². The Bertz CT molecular complexity index is 610. The Balaban J connectivity index is 1.70. The Morgan fingerprint density at radius 3 is 2.67 bits per heavy atom. The highest BCUT2D eigenvalue weighted by Gasteiger charge is 2.32. The van der Waals surface area contributed by atoms with Gasteiger partial charge in [0.2, 0.25) is 0 Å². The van der Waals surface area contributed by atoms with E-state index in [9.17, 15) is 14.7 Å². The van der Waals surface area contributed by atoms with Gasteiger partial charge in [-0.05, 0) is 37.3 Å². The van der Waals surface area contributed by atoms with Crippen LogP contribution in [0.2, 0.25) is 0 Å². The van der Waals surface area contributed by atoms with E-state index in [0.29, 0.717) is 18.6 Å². The van der Waals surface area contributed by atoms with Crippen molar-refractivity contribution in [1.29, 1.82) is 0 Å². The van der Waals surface area contributed by atoms with Crippen LogP contribution >= 0.6 is 0 Å². The monoisotopic (exact) mass is 374 g/mol. The molecule has 148 valence electrons. The molecule has 27 heavy (non-hydrogen) atoms. The van der Waals surface area contributed by atoms with E-state index in [-0.39, 0.29) is 24.9 Å². The van der Waals surface area contributed by atoms with Gasteiger partial charge in [-0.1, -0.05) is 49.6 Å². The number of benzene rings is 1. The second-order valence-corrected chi connectivity index (χ2v) is 7.20. The first-order valence-electron chi connectivity index (χ1n) is 9.85. The van der Waals surface area contributed by atoms with E-state index in [1.165, 1.54) is 0 Å². The molecule has 1 aliphatic carbocycles. The predicted octanol–water partition coefficient (Wildman–Crippen LogP) is 4.00. The minimum absolute atomic E-state index is 0.0305. The van der Waals surface area contributed by atoms with Gasteiger partial charge in [-0.2, -0.15) is 0 Å². The first-order valence-corrected chi connectivity index (χ1v) is 9.85. The highest BCUT2D eigenvalue weighted by Crippen LogP contribution is 2.34. The Kier molecular flexibility index (Phi) is 9.05. The SMILES string of the molecule is O=C(O)CCCCCC[C@H]1C(=O)CC[C@H]1/C=C/[C@@H](O)COc1ccccc1. The first kappa shape index (κ1) is 21.2. The second kappa shape index (κ2) is 11.5. The Labute approximate surface area is 161 Å². The Hall–Kier alpha value is -2.14. The third-order valence-corrected chi connectivity index (χ3v) is 5.05. The second-order valence-electron chi connectivity index (χ2n) is 7.20. The minimum Gasteiger partial charge on any atom is -0.491 e. The molecule has 1 aliphatic rings. The summed E-state index contributed by atoms with van der Waals surface area (Å²) < 4.78 is 5.54. The molecule has 5 heteroatoms. The van der Waals surface area contributed by atoms with Gasteiger partial charge < -0.3 is 14.9 Å². The number of aliphatic hydroxyl groups is 1. The highest BCUT2D eigenvalue weighted by molar-refractivity contribution is 5.83. The van der Waals surface area contributed by atoms with Crippen molar-refractivity contribution >= 4 is 11.8 Å². The Morgan fingerprint density at radius 1 is 1.19 bits per heavy atom. The van der Waals surface area contributed by atoms with E-state index in [1.807, 2.05) is 36.4 Å². The van der Waals surface area contributed by atoms with E-state index in [2.05, 4.69) is 0 Å². The number of aliphatic hydroxyl groups excluding tert-OH is 1. The molecule has 1 aromatic rings. The van der Waals surface area contributed by atoms with E-state index in [4.69, 9.17) is 9.84 Å². The fourth-order valence-electron chi connectivity index (χ4n) is 3.56. The van der Waals surface area contributed by atoms with Gasteiger partial charge in [0.15, 0.2) is 0 Å². The first-order chi connectivity index (χ1) is 13.1. The van der Waals surface area contributed by atoms with Crippen LogP contribution in [0, 0.1) is 11.8 Å². The fourth-order valence-corrected chi connectivity index (χ4v) is 3.56. The molecule has 1 aromatic carbocycles. The molecule has 0 amide bonds. The van der Waals surface area contributed by atoms with Crippen LogP contribution in [0.25, 0.3) is 0 Å². The van der Waals surface area contributed by atoms with Crippen molar-refractivity contribution < 1.29 is 24.5 Å². The number of carbonyl (C=O) groups is 2. The van der Waals surface area contributed by atoms with Crippen LogP contribution in [-0.4, -0.2) is 34.7 Å². The third kappa shape index (κ3) is 7.95.